The second-order valence-electron chi connectivity index (χ2n) is 4.11. The third kappa shape index (κ3) is 2.55. The van der Waals surface area contributed by atoms with Crippen molar-refractivity contribution in [3.8, 4) is 0 Å². The van der Waals surface area contributed by atoms with E-state index in [9.17, 15) is 9.59 Å². The van der Waals surface area contributed by atoms with Crippen LogP contribution >= 0.6 is 0 Å². The lowest BCUT2D eigenvalue weighted by atomic mass is 10.1. The SMILES string of the molecule is COCC(C)n1c(C)c(C(=O)O)c(C)cc1=O. The maximum Gasteiger partial charge on any atom is 0.337 e. The van der Waals surface area contributed by atoms with Crippen LogP contribution in [0.3, 0.4) is 0 Å². The van der Waals surface area contributed by atoms with Crippen LogP contribution in [0.5, 0.6) is 0 Å². The number of carbonyl (C=O) groups is 1. The van der Waals surface area contributed by atoms with Crippen LogP contribution in [0.4, 0.5) is 0 Å². The van der Waals surface area contributed by atoms with E-state index in [1.54, 1.807) is 21.0 Å². The van der Waals surface area contributed by atoms with Gasteiger partial charge in [0.25, 0.3) is 5.56 Å². The molecule has 1 rings (SSSR count). The van der Waals surface area contributed by atoms with Gasteiger partial charge >= 0.3 is 5.97 Å². The molecule has 0 bridgehead atoms. The second-order valence-corrected chi connectivity index (χ2v) is 4.11. The van der Waals surface area contributed by atoms with Crippen LogP contribution in [0.25, 0.3) is 0 Å². The van der Waals surface area contributed by atoms with Crippen molar-refractivity contribution in [1.29, 1.82) is 0 Å². The van der Waals surface area contributed by atoms with Crippen molar-refractivity contribution in [2.24, 2.45) is 0 Å². The smallest absolute Gasteiger partial charge is 0.337 e. The molecule has 0 amide bonds. The summed E-state index contributed by atoms with van der Waals surface area (Å²) in [5, 5.41) is 9.13. The molecule has 17 heavy (non-hydrogen) atoms. The Kier molecular flexibility index (Phi) is 4.07. The standard InChI is InChI=1S/C12H17NO4/c1-7-5-10(14)13(8(2)6-17-4)9(3)11(7)12(15)16/h5,8H,6H2,1-4H3,(H,15,16). The molecule has 1 unspecified atom stereocenters. The molecule has 1 aromatic heterocycles. The zero-order valence-corrected chi connectivity index (χ0v) is 10.5. The minimum atomic E-state index is -1.02. The predicted molar refractivity (Wildman–Crippen MR) is 63.7 cm³/mol. The fourth-order valence-corrected chi connectivity index (χ4v) is 2.08. The summed E-state index contributed by atoms with van der Waals surface area (Å²) in [6.07, 6.45) is 0. The second kappa shape index (κ2) is 5.14. The quantitative estimate of drug-likeness (QED) is 0.861. The van der Waals surface area contributed by atoms with Crippen molar-refractivity contribution in [1.82, 2.24) is 4.57 Å². The molecule has 0 fully saturated rings. The molecule has 5 heteroatoms. The number of hydrogen-bond acceptors (Lipinski definition) is 3. The zero-order chi connectivity index (χ0) is 13.2. The highest BCUT2D eigenvalue weighted by Gasteiger charge is 2.18. The van der Waals surface area contributed by atoms with Gasteiger partial charge in [0, 0.05) is 18.9 Å². The Hall–Kier alpha value is -1.62. The number of hydrogen-bond donors (Lipinski definition) is 1. The largest absolute Gasteiger partial charge is 0.478 e. The third-order valence-electron chi connectivity index (χ3n) is 2.76. The van der Waals surface area contributed by atoms with Crippen molar-refractivity contribution in [3.05, 3.63) is 33.2 Å². The molecular weight excluding hydrogens is 222 g/mol. The van der Waals surface area contributed by atoms with E-state index in [0.29, 0.717) is 17.9 Å². The van der Waals surface area contributed by atoms with Crippen molar-refractivity contribution in [3.63, 3.8) is 0 Å². The van der Waals surface area contributed by atoms with E-state index >= 15 is 0 Å². The lowest BCUT2D eigenvalue weighted by Gasteiger charge is -2.19. The van der Waals surface area contributed by atoms with Gasteiger partial charge in [-0.25, -0.2) is 4.79 Å². The molecule has 0 aliphatic carbocycles. The summed E-state index contributed by atoms with van der Waals surface area (Å²) in [5.41, 5.74) is 0.940. The highest BCUT2D eigenvalue weighted by atomic mass is 16.5. The average Bonchev–Trinajstić information content (AvgIpc) is 2.15. The summed E-state index contributed by atoms with van der Waals surface area (Å²) in [7, 11) is 1.54. The first kappa shape index (κ1) is 13.4. The van der Waals surface area contributed by atoms with Gasteiger partial charge < -0.3 is 14.4 Å². The number of rotatable bonds is 4. The number of aromatic nitrogens is 1. The monoisotopic (exact) mass is 239 g/mol. The Morgan fingerprint density at radius 3 is 2.59 bits per heavy atom. The number of pyridine rings is 1. The average molecular weight is 239 g/mol. The number of carboxylic acids is 1. The molecule has 0 saturated carbocycles. The summed E-state index contributed by atoms with van der Waals surface area (Å²) in [5.74, 6) is -1.02. The molecule has 1 atom stereocenters. The Balaban J connectivity index is 3.46. The summed E-state index contributed by atoms with van der Waals surface area (Å²) in [6, 6.07) is 1.16. The minimum Gasteiger partial charge on any atom is -0.478 e. The number of aromatic carboxylic acids is 1. The number of aryl methyl sites for hydroxylation is 1. The molecule has 1 N–H and O–H groups in total. The van der Waals surface area contributed by atoms with E-state index in [4.69, 9.17) is 9.84 Å². The molecule has 0 saturated heterocycles. The van der Waals surface area contributed by atoms with E-state index in [1.165, 1.54) is 10.6 Å². The van der Waals surface area contributed by atoms with Crippen LogP contribution in [0.1, 0.15) is 34.6 Å². The summed E-state index contributed by atoms with van der Waals surface area (Å²) in [4.78, 5) is 23.0. The molecule has 0 spiro atoms. The summed E-state index contributed by atoms with van der Waals surface area (Å²) >= 11 is 0. The van der Waals surface area contributed by atoms with Crippen LogP contribution in [0.2, 0.25) is 0 Å². The Bertz CT molecular complexity index is 490. The maximum absolute atomic E-state index is 11.9. The van der Waals surface area contributed by atoms with Gasteiger partial charge in [-0.1, -0.05) is 0 Å². The van der Waals surface area contributed by atoms with Gasteiger partial charge in [-0.3, -0.25) is 4.79 Å². The van der Waals surface area contributed by atoms with Crippen LogP contribution in [0, 0.1) is 13.8 Å². The van der Waals surface area contributed by atoms with Crippen molar-refractivity contribution >= 4 is 5.97 Å². The van der Waals surface area contributed by atoms with Gasteiger partial charge in [0.1, 0.15) is 0 Å². The van der Waals surface area contributed by atoms with Crippen LogP contribution in [0.15, 0.2) is 10.9 Å². The topological polar surface area (TPSA) is 68.5 Å². The Morgan fingerprint density at radius 1 is 1.53 bits per heavy atom. The predicted octanol–water partition coefficient (Wildman–Crippen LogP) is 1.37. The van der Waals surface area contributed by atoms with Crippen molar-refractivity contribution in [2.45, 2.75) is 26.8 Å². The molecule has 1 heterocycles. The maximum atomic E-state index is 11.9. The first-order chi connectivity index (χ1) is 7.90. The molecule has 0 radical (unpaired) electrons. The van der Waals surface area contributed by atoms with E-state index in [0.717, 1.165) is 0 Å². The lowest BCUT2D eigenvalue weighted by Crippen LogP contribution is -2.29. The minimum absolute atomic E-state index is 0.188. The molecule has 94 valence electrons. The first-order valence-corrected chi connectivity index (χ1v) is 5.35. The Labute approximate surface area is 99.6 Å². The highest BCUT2D eigenvalue weighted by molar-refractivity contribution is 5.90. The van der Waals surface area contributed by atoms with Gasteiger partial charge in [-0.05, 0) is 26.3 Å². The number of carboxylic acid groups (broad SMARTS) is 1. The summed E-state index contributed by atoms with van der Waals surface area (Å²) in [6.45, 7) is 5.45. The first-order valence-electron chi connectivity index (χ1n) is 5.35. The van der Waals surface area contributed by atoms with E-state index < -0.39 is 5.97 Å². The van der Waals surface area contributed by atoms with Gasteiger partial charge in [0.2, 0.25) is 0 Å². The van der Waals surface area contributed by atoms with Crippen LogP contribution < -0.4 is 5.56 Å². The molecule has 0 aliphatic rings. The Morgan fingerprint density at radius 2 is 2.12 bits per heavy atom. The summed E-state index contributed by atoms with van der Waals surface area (Å²) < 4.78 is 6.45. The number of nitrogens with zero attached hydrogens (tertiary/aromatic N) is 1. The number of methoxy groups -OCH3 is 1. The van der Waals surface area contributed by atoms with Gasteiger partial charge in [0.15, 0.2) is 0 Å². The normalized spacial score (nSPS) is 12.5. The van der Waals surface area contributed by atoms with E-state index in [2.05, 4.69) is 0 Å². The highest BCUT2D eigenvalue weighted by Crippen LogP contribution is 2.15. The number of ether oxygens (including phenoxy) is 1. The molecule has 0 aromatic carbocycles. The van der Waals surface area contributed by atoms with Crippen LogP contribution in [-0.4, -0.2) is 29.4 Å². The van der Waals surface area contributed by atoms with Gasteiger partial charge in [0.05, 0.1) is 18.2 Å². The molecular formula is C12H17NO4. The van der Waals surface area contributed by atoms with Crippen molar-refractivity contribution < 1.29 is 14.6 Å². The molecule has 5 nitrogen and oxygen atoms in total. The lowest BCUT2D eigenvalue weighted by molar-refractivity contribution is 0.0693. The van der Waals surface area contributed by atoms with E-state index in [1.807, 2.05) is 6.92 Å². The van der Waals surface area contributed by atoms with Gasteiger partial charge in [-0.15, -0.1) is 0 Å². The van der Waals surface area contributed by atoms with Crippen LogP contribution in [-0.2, 0) is 4.74 Å². The van der Waals surface area contributed by atoms with E-state index in [-0.39, 0.29) is 17.2 Å². The molecule has 0 aliphatic heterocycles. The van der Waals surface area contributed by atoms with Gasteiger partial charge in [-0.2, -0.15) is 0 Å². The molecule has 1 aromatic rings. The fraction of sp³-hybridized carbons (Fsp3) is 0.500. The zero-order valence-electron chi connectivity index (χ0n) is 10.5. The third-order valence-corrected chi connectivity index (χ3v) is 2.76. The fourth-order valence-electron chi connectivity index (χ4n) is 2.08. The van der Waals surface area contributed by atoms with Crippen molar-refractivity contribution in [2.75, 3.05) is 13.7 Å².